The van der Waals surface area contributed by atoms with Gasteiger partial charge < -0.3 is 14.8 Å². The van der Waals surface area contributed by atoms with Crippen LogP contribution in [-0.2, 0) is 6.54 Å². The van der Waals surface area contributed by atoms with Gasteiger partial charge in [-0.2, -0.15) is 5.10 Å². The number of fused-ring (bicyclic) bond motifs is 1. The second-order valence-corrected chi connectivity index (χ2v) is 6.60. The lowest BCUT2D eigenvalue weighted by molar-refractivity contribution is 0.0952. The molecule has 1 aromatic carbocycles. The molecular weight excluding hydrogens is 344 g/mol. The molecule has 3 rings (SSSR count). The van der Waals surface area contributed by atoms with Gasteiger partial charge in [0.05, 0.1) is 31.4 Å². The van der Waals surface area contributed by atoms with Gasteiger partial charge in [0.2, 0.25) is 0 Å². The number of carbonyl (C=O) groups is 1. The monoisotopic (exact) mass is 368 g/mol. The SMILES string of the molecule is COc1ccc(CNC(=O)c2cc(C)nc3c2cnn3C(C)C)cc1OC. The number of aryl methyl sites for hydroxylation is 1. The third kappa shape index (κ3) is 3.72. The van der Waals surface area contributed by atoms with E-state index in [2.05, 4.69) is 15.4 Å². The van der Waals surface area contributed by atoms with Gasteiger partial charge in [0.15, 0.2) is 17.1 Å². The molecule has 0 saturated heterocycles. The van der Waals surface area contributed by atoms with Crippen molar-refractivity contribution in [3.63, 3.8) is 0 Å². The Morgan fingerprint density at radius 2 is 1.93 bits per heavy atom. The molecular formula is C20H24N4O3. The van der Waals surface area contributed by atoms with Gasteiger partial charge in [0, 0.05) is 18.3 Å². The molecule has 2 heterocycles. The summed E-state index contributed by atoms with van der Waals surface area (Å²) in [6.07, 6.45) is 1.70. The Hall–Kier alpha value is -3.09. The first-order valence-electron chi connectivity index (χ1n) is 8.78. The van der Waals surface area contributed by atoms with Crippen LogP contribution in [0.5, 0.6) is 11.5 Å². The number of methoxy groups -OCH3 is 2. The van der Waals surface area contributed by atoms with Crippen LogP contribution in [0.15, 0.2) is 30.5 Å². The predicted molar refractivity (Wildman–Crippen MR) is 103 cm³/mol. The van der Waals surface area contributed by atoms with E-state index in [9.17, 15) is 4.79 Å². The maximum atomic E-state index is 12.8. The number of benzene rings is 1. The number of ether oxygens (including phenoxy) is 2. The van der Waals surface area contributed by atoms with Crippen LogP contribution in [-0.4, -0.2) is 34.9 Å². The number of amides is 1. The molecule has 7 nitrogen and oxygen atoms in total. The lowest BCUT2D eigenvalue weighted by Crippen LogP contribution is -2.23. The van der Waals surface area contributed by atoms with Crippen molar-refractivity contribution < 1.29 is 14.3 Å². The minimum Gasteiger partial charge on any atom is -0.493 e. The van der Waals surface area contributed by atoms with Gasteiger partial charge in [-0.1, -0.05) is 6.07 Å². The molecule has 0 aliphatic rings. The highest BCUT2D eigenvalue weighted by Crippen LogP contribution is 2.27. The molecule has 7 heteroatoms. The summed E-state index contributed by atoms with van der Waals surface area (Å²) < 4.78 is 12.4. The zero-order chi connectivity index (χ0) is 19.6. The van der Waals surface area contributed by atoms with Crippen molar-refractivity contribution in [1.82, 2.24) is 20.1 Å². The topological polar surface area (TPSA) is 78.3 Å². The van der Waals surface area contributed by atoms with Crippen molar-refractivity contribution in [3.05, 3.63) is 47.3 Å². The van der Waals surface area contributed by atoms with Crippen LogP contribution in [0.2, 0.25) is 0 Å². The summed E-state index contributed by atoms with van der Waals surface area (Å²) in [5, 5.41) is 8.09. The number of nitrogens with zero attached hydrogens (tertiary/aromatic N) is 3. The van der Waals surface area contributed by atoms with E-state index < -0.39 is 0 Å². The number of rotatable bonds is 6. The second kappa shape index (κ2) is 7.65. The molecule has 1 N–H and O–H groups in total. The van der Waals surface area contributed by atoms with E-state index in [1.54, 1.807) is 26.5 Å². The quantitative estimate of drug-likeness (QED) is 0.722. The molecule has 3 aromatic rings. The zero-order valence-corrected chi connectivity index (χ0v) is 16.2. The summed E-state index contributed by atoms with van der Waals surface area (Å²) in [5.41, 5.74) is 2.99. The van der Waals surface area contributed by atoms with Gasteiger partial charge in [-0.3, -0.25) is 4.79 Å². The lowest BCUT2D eigenvalue weighted by atomic mass is 10.1. The average molecular weight is 368 g/mol. The van der Waals surface area contributed by atoms with E-state index >= 15 is 0 Å². The molecule has 0 spiro atoms. The Morgan fingerprint density at radius 1 is 1.19 bits per heavy atom. The van der Waals surface area contributed by atoms with Crippen molar-refractivity contribution in [2.45, 2.75) is 33.4 Å². The van der Waals surface area contributed by atoms with Crippen molar-refractivity contribution in [2.75, 3.05) is 14.2 Å². The zero-order valence-electron chi connectivity index (χ0n) is 16.2. The summed E-state index contributed by atoms with van der Waals surface area (Å²) in [7, 11) is 3.18. The van der Waals surface area contributed by atoms with Crippen molar-refractivity contribution in [2.24, 2.45) is 0 Å². The van der Waals surface area contributed by atoms with Gasteiger partial charge in [-0.25, -0.2) is 9.67 Å². The fourth-order valence-electron chi connectivity index (χ4n) is 2.98. The molecule has 0 radical (unpaired) electrons. The number of aromatic nitrogens is 3. The smallest absolute Gasteiger partial charge is 0.252 e. The molecule has 1 amide bonds. The first-order chi connectivity index (χ1) is 12.9. The van der Waals surface area contributed by atoms with Gasteiger partial charge in [0.25, 0.3) is 5.91 Å². The average Bonchev–Trinajstić information content (AvgIpc) is 3.09. The van der Waals surface area contributed by atoms with Gasteiger partial charge in [-0.05, 0) is 44.5 Å². The summed E-state index contributed by atoms with van der Waals surface area (Å²) in [6.45, 7) is 6.32. The number of carbonyl (C=O) groups excluding carboxylic acids is 1. The highest BCUT2D eigenvalue weighted by atomic mass is 16.5. The number of hydrogen-bond donors (Lipinski definition) is 1. The highest BCUT2D eigenvalue weighted by molar-refractivity contribution is 6.05. The molecule has 0 unspecified atom stereocenters. The first kappa shape index (κ1) is 18.7. The largest absolute Gasteiger partial charge is 0.493 e. The normalized spacial score (nSPS) is 11.0. The Kier molecular flexibility index (Phi) is 5.30. The van der Waals surface area contributed by atoms with Gasteiger partial charge >= 0.3 is 0 Å². The van der Waals surface area contributed by atoms with Crippen LogP contribution in [0, 0.1) is 6.92 Å². The summed E-state index contributed by atoms with van der Waals surface area (Å²) in [6, 6.07) is 7.52. The Labute approximate surface area is 158 Å². The third-order valence-corrected chi connectivity index (χ3v) is 4.33. The van der Waals surface area contributed by atoms with E-state index in [4.69, 9.17) is 9.47 Å². The Balaban J connectivity index is 1.85. The molecule has 142 valence electrons. The molecule has 0 atom stereocenters. The summed E-state index contributed by atoms with van der Waals surface area (Å²) in [4.78, 5) is 17.4. The Morgan fingerprint density at radius 3 is 2.59 bits per heavy atom. The van der Waals surface area contributed by atoms with Crippen LogP contribution in [0.3, 0.4) is 0 Å². The molecule has 0 aliphatic heterocycles. The van der Waals surface area contributed by atoms with Crippen molar-refractivity contribution >= 4 is 16.9 Å². The van der Waals surface area contributed by atoms with Crippen molar-refractivity contribution in [1.29, 1.82) is 0 Å². The van der Waals surface area contributed by atoms with Crippen LogP contribution in [0.1, 0.15) is 41.5 Å². The molecule has 0 aliphatic carbocycles. The van der Waals surface area contributed by atoms with E-state index in [-0.39, 0.29) is 11.9 Å². The van der Waals surface area contributed by atoms with Gasteiger partial charge in [-0.15, -0.1) is 0 Å². The maximum absolute atomic E-state index is 12.8. The van der Waals surface area contributed by atoms with Crippen LogP contribution in [0.4, 0.5) is 0 Å². The fraction of sp³-hybridized carbons (Fsp3) is 0.350. The van der Waals surface area contributed by atoms with Crippen LogP contribution < -0.4 is 14.8 Å². The molecule has 0 saturated carbocycles. The molecule has 27 heavy (non-hydrogen) atoms. The third-order valence-electron chi connectivity index (χ3n) is 4.33. The van der Waals surface area contributed by atoms with Crippen LogP contribution in [0.25, 0.3) is 11.0 Å². The fourth-order valence-corrected chi connectivity index (χ4v) is 2.98. The van der Waals surface area contributed by atoms with E-state index in [1.165, 1.54) is 0 Å². The first-order valence-corrected chi connectivity index (χ1v) is 8.78. The molecule has 0 bridgehead atoms. The minimum absolute atomic E-state index is 0.163. The number of pyridine rings is 1. The van der Waals surface area contributed by atoms with Crippen molar-refractivity contribution in [3.8, 4) is 11.5 Å². The second-order valence-electron chi connectivity index (χ2n) is 6.60. The number of hydrogen-bond acceptors (Lipinski definition) is 5. The van der Waals surface area contributed by atoms with E-state index in [0.29, 0.717) is 23.6 Å². The summed E-state index contributed by atoms with van der Waals surface area (Å²) in [5.74, 6) is 1.12. The maximum Gasteiger partial charge on any atom is 0.252 e. The van der Waals surface area contributed by atoms with E-state index in [1.807, 2.05) is 43.7 Å². The van der Waals surface area contributed by atoms with Gasteiger partial charge in [0.1, 0.15) is 0 Å². The van der Waals surface area contributed by atoms with Crippen LogP contribution >= 0.6 is 0 Å². The molecule has 0 fully saturated rings. The standard InChI is InChI=1S/C20H24N4O3/c1-12(2)24-19-16(11-22-24)15(8-13(3)23-19)20(25)21-10-14-6-7-17(26-4)18(9-14)27-5/h6-9,11-12H,10H2,1-5H3,(H,21,25). The minimum atomic E-state index is -0.163. The Bertz CT molecular complexity index is 979. The molecule has 2 aromatic heterocycles. The predicted octanol–water partition coefficient (Wildman–Crippen LogP) is 3.27. The lowest BCUT2D eigenvalue weighted by Gasteiger charge is -2.11. The number of nitrogens with one attached hydrogen (secondary N) is 1. The summed E-state index contributed by atoms with van der Waals surface area (Å²) >= 11 is 0. The highest BCUT2D eigenvalue weighted by Gasteiger charge is 2.17. The van der Waals surface area contributed by atoms with E-state index in [0.717, 1.165) is 22.3 Å².